The molecule has 8 heteroatoms. The van der Waals surface area contributed by atoms with Gasteiger partial charge < -0.3 is 10.6 Å². The fourth-order valence-electron chi connectivity index (χ4n) is 1.76. The van der Waals surface area contributed by atoms with Crippen LogP contribution in [0.4, 0.5) is 11.4 Å². The van der Waals surface area contributed by atoms with Crippen LogP contribution in [-0.4, -0.2) is 33.9 Å². The van der Waals surface area contributed by atoms with Gasteiger partial charge in [-0.1, -0.05) is 12.1 Å². The van der Waals surface area contributed by atoms with Crippen LogP contribution in [0, 0.1) is 17.0 Å². The lowest BCUT2D eigenvalue weighted by atomic mass is 10.2. The number of nitrogens with zero attached hydrogens (tertiary/aromatic N) is 3. The van der Waals surface area contributed by atoms with Gasteiger partial charge in [-0.15, -0.1) is 0 Å². The Morgan fingerprint density at radius 3 is 2.68 bits per heavy atom. The van der Waals surface area contributed by atoms with Crippen LogP contribution >= 0.6 is 0 Å². The zero-order valence-electron chi connectivity index (χ0n) is 11.9. The van der Waals surface area contributed by atoms with E-state index in [2.05, 4.69) is 20.6 Å². The molecule has 8 nitrogen and oxygen atoms in total. The number of carbonyl (C=O) groups excluding carboxylic acids is 1. The predicted octanol–water partition coefficient (Wildman–Crippen LogP) is 1.54. The zero-order valence-corrected chi connectivity index (χ0v) is 11.9. The minimum absolute atomic E-state index is 0.00164. The second-order valence-corrected chi connectivity index (χ2v) is 4.50. The number of benzene rings is 1. The van der Waals surface area contributed by atoms with Gasteiger partial charge in [-0.25, -0.2) is 4.98 Å². The van der Waals surface area contributed by atoms with Gasteiger partial charge in [-0.05, 0) is 13.0 Å². The first-order valence-electron chi connectivity index (χ1n) is 6.62. The first-order chi connectivity index (χ1) is 10.6. The molecule has 0 fully saturated rings. The molecule has 2 aromatic rings. The first-order valence-corrected chi connectivity index (χ1v) is 6.62. The molecule has 0 unspecified atom stereocenters. The molecule has 0 bridgehead atoms. The van der Waals surface area contributed by atoms with Gasteiger partial charge in [0.15, 0.2) is 0 Å². The Hall–Kier alpha value is -3.03. The lowest BCUT2D eigenvalue weighted by Crippen LogP contribution is -2.29. The van der Waals surface area contributed by atoms with Gasteiger partial charge in [-0.3, -0.25) is 19.9 Å². The third kappa shape index (κ3) is 3.98. The SMILES string of the molecule is Cc1cnc(C(=O)NCCNc2ccccc2[N+](=O)[O-])cn1. The largest absolute Gasteiger partial charge is 0.378 e. The fourth-order valence-corrected chi connectivity index (χ4v) is 1.76. The van der Waals surface area contributed by atoms with Crippen LogP contribution in [0.3, 0.4) is 0 Å². The monoisotopic (exact) mass is 301 g/mol. The summed E-state index contributed by atoms with van der Waals surface area (Å²) in [6, 6.07) is 6.34. The van der Waals surface area contributed by atoms with Crippen molar-refractivity contribution >= 4 is 17.3 Å². The maximum atomic E-state index is 11.8. The number of hydrogen-bond acceptors (Lipinski definition) is 6. The average Bonchev–Trinajstić information content (AvgIpc) is 2.52. The lowest BCUT2D eigenvalue weighted by Gasteiger charge is -2.08. The van der Waals surface area contributed by atoms with Crippen molar-refractivity contribution in [3.8, 4) is 0 Å². The summed E-state index contributed by atoms with van der Waals surface area (Å²) in [6.45, 7) is 2.45. The number of para-hydroxylation sites is 2. The van der Waals surface area contributed by atoms with E-state index in [1.54, 1.807) is 25.1 Å². The zero-order chi connectivity index (χ0) is 15.9. The summed E-state index contributed by atoms with van der Waals surface area (Å²) in [6.07, 6.45) is 2.92. The number of aromatic nitrogens is 2. The number of nitro groups is 1. The van der Waals surface area contributed by atoms with E-state index in [4.69, 9.17) is 0 Å². The van der Waals surface area contributed by atoms with E-state index in [0.29, 0.717) is 18.8 Å². The number of rotatable bonds is 6. The summed E-state index contributed by atoms with van der Waals surface area (Å²) in [7, 11) is 0. The molecule has 2 N–H and O–H groups in total. The highest BCUT2D eigenvalue weighted by Gasteiger charge is 2.11. The molecule has 0 saturated carbocycles. The predicted molar refractivity (Wildman–Crippen MR) is 80.7 cm³/mol. The Balaban J connectivity index is 1.83. The van der Waals surface area contributed by atoms with Crippen LogP contribution in [0.1, 0.15) is 16.2 Å². The molecule has 0 saturated heterocycles. The molecule has 22 heavy (non-hydrogen) atoms. The van der Waals surface area contributed by atoms with E-state index in [1.165, 1.54) is 18.5 Å². The Morgan fingerprint density at radius 1 is 1.23 bits per heavy atom. The average molecular weight is 301 g/mol. The quantitative estimate of drug-likeness (QED) is 0.475. The van der Waals surface area contributed by atoms with Crippen molar-refractivity contribution in [1.29, 1.82) is 0 Å². The molecule has 0 atom stereocenters. The number of hydrogen-bond donors (Lipinski definition) is 2. The highest BCUT2D eigenvalue weighted by molar-refractivity contribution is 5.91. The summed E-state index contributed by atoms with van der Waals surface area (Å²) in [4.78, 5) is 30.2. The van der Waals surface area contributed by atoms with E-state index >= 15 is 0 Å². The second-order valence-electron chi connectivity index (χ2n) is 4.50. The highest BCUT2D eigenvalue weighted by atomic mass is 16.6. The minimum atomic E-state index is -0.456. The van der Waals surface area contributed by atoms with Gasteiger partial charge in [-0.2, -0.15) is 0 Å². The molecule has 0 aliphatic heterocycles. The number of carbonyl (C=O) groups is 1. The molecule has 1 amide bonds. The maximum absolute atomic E-state index is 11.8. The maximum Gasteiger partial charge on any atom is 0.292 e. The van der Waals surface area contributed by atoms with Gasteiger partial charge in [0.25, 0.3) is 11.6 Å². The first kappa shape index (κ1) is 15.4. The van der Waals surface area contributed by atoms with E-state index in [0.717, 1.165) is 5.69 Å². The van der Waals surface area contributed by atoms with Gasteiger partial charge >= 0.3 is 0 Å². The third-order valence-electron chi connectivity index (χ3n) is 2.84. The summed E-state index contributed by atoms with van der Waals surface area (Å²) in [5.41, 5.74) is 1.38. The number of nitro benzene ring substituents is 1. The van der Waals surface area contributed by atoms with Crippen LogP contribution in [0.2, 0.25) is 0 Å². The fraction of sp³-hybridized carbons (Fsp3) is 0.214. The van der Waals surface area contributed by atoms with Crippen LogP contribution in [-0.2, 0) is 0 Å². The molecule has 0 aliphatic rings. The molecular weight excluding hydrogens is 286 g/mol. The lowest BCUT2D eigenvalue weighted by molar-refractivity contribution is -0.384. The molecule has 2 rings (SSSR count). The third-order valence-corrected chi connectivity index (χ3v) is 2.84. The Labute approximate surface area is 126 Å². The number of aryl methyl sites for hydroxylation is 1. The standard InChI is InChI=1S/C14H15N5O3/c1-10-8-18-12(9-17-10)14(20)16-7-6-15-11-4-2-3-5-13(11)19(21)22/h2-5,8-9,15H,6-7H2,1H3,(H,16,20). The van der Waals surface area contributed by atoms with Gasteiger partial charge in [0.2, 0.25) is 0 Å². The van der Waals surface area contributed by atoms with E-state index in [9.17, 15) is 14.9 Å². The topological polar surface area (TPSA) is 110 Å². The molecule has 0 spiro atoms. The summed E-state index contributed by atoms with van der Waals surface area (Å²) >= 11 is 0. The molecule has 0 aliphatic carbocycles. The van der Waals surface area contributed by atoms with Gasteiger partial charge in [0, 0.05) is 25.4 Å². The van der Waals surface area contributed by atoms with E-state index in [-0.39, 0.29) is 17.3 Å². The highest BCUT2D eigenvalue weighted by Crippen LogP contribution is 2.22. The van der Waals surface area contributed by atoms with Crippen molar-refractivity contribution < 1.29 is 9.72 Å². The van der Waals surface area contributed by atoms with Crippen LogP contribution in [0.15, 0.2) is 36.7 Å². The van der Waals surface area contributed by atoms with E-state index in [1.807, 2.05) is 0 Å². The van der Waals surface area contributed by atoms with Crippen molar-refractivity contribution in [3.05, 3.63) is 58.2 Å². The van der Waals surface area contributed by atoms with Crippen molar-refractivity contribution in [2.45, 2.75) is 6.92 Å². The van der Waals surface area contributed by atoms with Crippen molar-refractivity contribution in [2.24, 2.45) is 0 Å². The van der Waals surface area contributed by atoms with Gasteiger partial charge in [0.05, 0.1) is 16.8 Å². The van der Waals surface area contributed by atoms with Crippen molar-refractivity contribution in [2.75, 3.05) is 18.4 Å². The smallest absolute Gasteiger partial charge is 0.292 e. The van der Waals surface area contributed by atoms with Gasteiger partial charge in [0.1, 0.15) is 11.4 Å². The molecular formula is C14H15N5O3. The summed E-state index contributed by atoms with van der Waals surface area (Å²) in [5.74, 6) is -0.336. The molecule has 114 valence electrons. The minimum Gasteiger partial charge on any atom is -0.378 e. The Bertz CT molecular complexity index is 672. The van der Waals surface area contributed by atoms with Crippen molar-refractivity contribution in [1.82, 2.24) is 15.3 Å². The Kier molecular flexibility index (Phi) is 4.97. The molecule has 1 heterocycles. The normalized spacial score (nSPS) is 10.0. The van der Waals surface area contributed by atoms with Crippen LogP contribution in [0.5, 0.6) is 0 Å². The summed E-state index contributed by atoms with van der Waals surface area (Å²) < 4.78 is 0. The van der Waals surface area contributed by atoms with Crippen molar-refractivity contribution in [3.63, 3.8) is 0 Å². The number of amides is 1. The van der Waals surface area contributed by atoms with Crippen LogP contribution in [0.25, 0.3) is 0 Å². The van der Waals surface area contributed by atoms with E-state index < -0.39 is 4.92 Å². The van der Waals surface area contributed by atoms with Crippen LogP contribution < -0.4 is 10.6 Å². The molecule has 1 aromatic carbocycles. The second kappa shape index (κ2) is 7.11. The molecule has 1 aromatic heterocycles. The number of anilines is 1. The summed E-state index contributed by atoms with van der Waals surface area (Å²) in [5, 5.41) is 16.4. The number of nitrogens with one attached hydrogen (secondary N) is 2. The molecule has 0 radical (unpaired) electrons. The Morgan fingerprint density at radius 2 is 2.00 bits per heavy atom.